The minimum Gasteiger partial charge on any atom is -0.377 e. The summed E-state index contributed by atoms with van der Waals surface area (Å²) in [6, 6.07) is 4.34. The number of nitrogens with one attached hydrogen (secondary N) is 2. The molecule has 3 unspecified atom stereocenters. The Hall–Kier alpha value is -1.19. The molecule has 174 valence electrons. The number of likely N-dealkylation sites (tertiary alicyclic amines) is 1. The van der Waals surface area contributed by atoms with Crippen molar-refractivity contribution in [2.75, 3.05) is 39.3 Å². The molecule has 2 N–H and O–H groups in total. The van der Waals surface area contributed by atoms with E-state index in [0.717, 1.165) is 38.9 Å². The molecule has 2 saturated heterocycles. The lowest BCUT2D eigenvalue weighted by molar-refractivity contribution is 0.0947. The Balaban J connectivity index is 1.51. The number of nitrogens with zero attached hydrogens (tertiary/aromatic N) is 1. The van der Waals surface area contributed by atoms with Crippen LogP contribution in [0, 0.1) is 11.8 Å². The number of halogens is 1. The largest absolute Gasteiger partial charge is 0.377 e. The van der Waals surface area contributed by atoms with E-state index in [0.29, 0.717) is 25.0 Å². The number of rotatable bonds is 9. The summed E-state index contributed by atoms with van der Waals surface area (Å²) < 4.78 is 33.4. The van der Waals surface area contributed by atoms with Gasteiger partial charge in [0, 0.05) is 38.3 Å². The summed E-state index contributed by atoms with van der Waals surface area (Å²) in [6.45, 7) is 9.12. The van der Waals surface area contributed by atoms with Gasteiger partial charge in [0.15, 0.2) is 0 Å². The molecule has 0 saturated carbocycles. The fourth-order valence-corrected chi connectivity index (χ4v) is 6.11. The van der Waals surface area contributed by atoms with E-state index in [1.165, 1.54) is 18.6 Å². The first-order valence-electron chi connectivity index (χ1n) is 11.2. The Morgan fingerprint density at radius 2 is 2.00 bits per heavy atom. The van der Waals surface area contributed by atoms with E-state index >= 15 is 0 Å². The summed E-state index contributed by atoms with van der Waals surface area (Å²) in [4.78, 5) is 14.9. The number of ether oxygens (including phenoxy) is 1. The van der Waals surface area contributed by atoms with Crippen LogP contribution in [-0.2, 0) is 14.8 Å². The molecule has 2 fully saturated rings. The smallest absolute Gasteiger partial charge is 0.251 e. The molecule has 2 heterocycles. The van der Waals surface area contributed by atoms with Gasteiger partial charge in [0.2, 0.25) is 10.0 Å². The van der Waals surface area contributed by atoms with Crippen LogP contribution in [0.4, 0.5) is 0 Å². The third-order valence-corrected chi connectivity index (χ3v) is 7.79. The lowest BCUT2D eigenvalue weighted by atomic mass is 9.92. The highest BCUT2D eigenvalue weighted by Gasteiger charge is 2.24. The monoisotopic (exact) mass is 471 g/mol. The first kappa shape index (κ1) is 24.5. The van der Waals surface area contributed by atoms with Gasteiger partial charge in [-0.15, -0.1) is 0 Å². The Kier molecular flexibility index (Phi) is 8.75. The van der Waals surface area contributed by atoms with Gasteiger partial charge in [-0.05, 0) is 62.3 Å². The number of carbonyl (C=O) groups is 1. The highest BCUT2D eigenvalue weighted by atomic mass is 35.5. The molecular weight excluding hydrogens is 438 g/mol. The van der Waals surface area contributed by atoms with E-state index in [1.54, 1.807) is 6.07 Å². The molecule has 1 aromatic carbocycles. The van der Waals surface area contributed by atoms with Gasteiger partial charge in [0.1, 0.15) is 4.90 Å². The van der Waals surface area contributed by atoms with Crippen molar-refractivity contribution in [3.05, 3.63) is 28.8 Å². The zero-order valence-corrected chi connectivity index (χ0v) is 20.0. The predicted molar refractivity (Wildman–Crippen MR) is 122 cm³/mol. The normalized spacial score (nSPS) is 24.9. The van der Waals surface area contributed by atoms with Crippen LogP contribution in [0.5, 0.6) is 0 Å². The van der Waals surface area contributed by atoms with Crippen LogP contribution in [0.2, 0.25) is 5.02 Å². The molecule has 3 rings (SSSR count). The van der Waals surface area contributed by atoms with Gasteiger partial charge >= 0.3 is 0 Å². The van der Waals surface area contributed by atoms with Gasteiger partial charge in [-0.1, -0.05) is 25.4 Å². The van der Waals surface area contributed by atoms with E-state index in [2.05, 4.69) is 28.8 Å². The molecule has 31 heavy (non-hydrogen) atoms. The van der Waals surface area contributed by atoms with Crippen LogP contribution in [0.1, 0.15) is 49.9 Å². The predicted octanol–water partition coefficient (Wildman–Crippen LogP) is 2.90. The number of hydrogen-bond acceptors (Lipinski definition) is 5. The van der Waals surface area contributed by atoms with Crippen molar-refractivity contribution < 1.29 is 17.9 Å². The van der Waals surface area contributed by atoms with E-state index in [1.807, 2.05) is 0 Å². The second-order valence-electron chi connectivity index (χ2n) is 8.95. The van der Waals surface area contributed by atoms with Crippen molar-refractivity contribution in [1.29, 1.82) is 0 Å². The summed E-state index contributed by atoms with van der Waals surface area (Å²) in [7, 11) is -3.83. The van der Waals surface area contributed by atoms with Crippen LogP contribution in [0.15, 0.2) is 23.1 Å². The first-order valence-corrected chi connectivity index (χ1v) is 13.0. The Morgan fingerprint density at radius 3 is 2.68 bits per heavy atom. The molecule has 2 aliphatic rings. The zero-order chi connectivity index (χ0) is 22.4. The maximum Gasteiger partial charge on any atom is 0.251 e. The van der Waals surface area contributed by atoms with Gasteiger partial charge in [-0.25, -0.2) is 13.1 Å². The van der Waals surface area contributed by atoms with E-state index in [9.17, 15) is 13.2 Å². The van der Waals surface area contributed by atoms with Gasteiger partial charge in [0.05, 0.1) is 11.1 Å². The first-order chi connectivity index (χ1) is 14.7. The lowest BCUT2D eigenvalue weighted by Crippen LogP contribution is -2.40. The summed E-state index contributed by atoms with van der Waals surface area (Å²) in [6.07, 6.45) is 3.77. The van der Waals surface area contributed by atoms with Crippen LogP contribution in [0.25, 0.3) is 0 Å². The fraction of sp³-hybridized carbons (Fsp3) is 0.682. The molecule has 9 heteroatoms. The maximum absolute atomic E-state index is 12.7. The molecular formula is C22H34ClN3O4S. The molecule has 0 aromatic heterocycles. The van der Waals surface area contributed by atoms with Gasteiger partial charge in [-0.3, -0.25) is 4.79 Å². The molecule has 7 nitrogen and oxygen atoms in total. The topological polar surface area (TPSA) is 87.7 Å². The summed E-state index contributed by atoms with van der Waals surface area (Å²) >= 11 is 6.13. The average Bonchev–Trinajstić information content (AvgIpc) is 3.23. The average molecular weight is 472 g/mol. The van der Waals surface area contributed by atoms with Gasteiger partial charge in [0.25, 0.3) is 5.91 Å². The molecule has 3 atom stereocenters. The van der Waals surface area contributed by atoms with E-state index in [4.69, 9.17) is 16.3 Å². The zero-order valence-electron chi connectivity index (χ0n) is 18.4. The van der Waals surface area contributed by atoms with Crippen LogP contribution in [-0.4, -0.2) is 64.7 Å². The van der Waals surface area contributed by atoms with Gasteiger partial charge < -0.3 is 15.0 Å². The number of amides is 1. The molecule has 0 bridgehead atoms. The third-order valence-electron chi connectivity index (χ3n) is 5.89. The van der Waals surface area contributed by atoms with Crippen molar-refractivity contribution in [3.63, 3.8) is 0 Å². The Morgan fingerprint density at radius 1 is 1.26 bits per heavy atom. The van der Waals surface area contributed by atoms with Crippen LogP contribution < -0.4 is 10.0 Å². The molecule has 0 aliphatic carbocycles. The SMILES string of the molecule is CC1CC(C)CN(CCCNC(=O)c2ccc(Cl)c(S(=O)(=O)NCC3CCCO3)c2)C1. The van der Waals surface area contributed by atoms with Crippen LogP contribution in [0.3, 0.4) is 0 Å². The van der Waals surface area contributed by atoms with Crippen molar-refractivity contribution in [2.45, 2.75) is 50.5 Å². The number of sulfonamides is 1. The van der Waals surface area contributed by atoms with Crippen LogP contribution >= 0.6 is 11.6 Å². The number of carbonyl (C=O) groups excluding carboxylic acids is 1. The lowest BCUT2D eigenvalue weighted by Gasteiger charge is -2.34. The number of hydrogen-bond donors (Lipinski definition) is 2. The van der Waals surface area contributed by atoms with E-state index in [-0.39, 0.29) is 34.0 Å². The second-order valence-corrected chi connectivity index (χ2v) is 11.1. The molecule has 2 aliphatic heterocycles. The molecule has 1 aromatic rings. The maximum atomic E-state index is 12.7. The summed E-state index contributed by atoms with van der Waals surface area (Å²) in [5.74, 6) is 1.12. The van der Waals surface area contributed by atoms with Crippen molar-refractivity contribution in [1.82, 2.24) is 14.9 Å². The quantitative estimate of drug-likeness (QED) is 0.541. The molecule has 0 radical (unpaired) electrons. The highest BCUT2D eigenvalue weighted by molar-refractivity contribution is 7.89. The summed E-state index contributed by atoms with van der Waals surface area (Å²) in [5.41, 5.74) is 0.280. The highest BCUT2D eigenvalue weighted by Crippen LogP contribution is 2.23. The van der Waals surface area contributed by atoms with Gasteiger partial charge in [-0.2, -0.15) is 0 Å². The van der Waals surface area contributed by atoms with Crippen molar-refractivity contribution in [3.8, 4) is 0 Å². The minimum atomic E-state index is -3.83. The third kappa shape index (κ3) is 7.15. The van der Waals surface area contributed by atoms with Crippen molar-refractivity contribution in [2.24, 2.45) is 11.8 Å². The fourth-order valence-electron chi connectivity index (χ4n) is 4.52. The molecule has 1 amide bonds. The van der Waals surface area contributed by atoms with E-state index < -0.39 is 10.0 Å². The Bertz CT molecular complexity index is 848. The Labute approximate surface area is 190 Å². The standard InChI is InChI=1S/C22H34ClN3O4S/c1-16-11-17(2)15-26(14-16)9-4-8-24-22(27)18-6-7-20(23)21(12-18)31(28,29)25-13-19-5-3-10-30-19/h6-7,12,16-17,19,25H,3-5,8-11,13-15H2,1-2H3,(H,24,27). The molecule has 0 spiro atoms. The number of piperidine rings is 1. The number of benzene rings is 1. The second kappa shape index (κ2) is 11.1. The minimum absolute atomic E-state index is 0.0869. The summed E-state index contributed by atoms with van der Waals surface area (Å²) in [5, 5.41) is 2.98. The van der Waals surface area contributed by atoms with Crippen molar-refractivity contribution >= 4 is 27.5 Å².